The summed E-state index contributed by atoms with van der Waals surface area (Å²) in [7, 11) is 0. The second-order valence-electron chi connectivity index (χ2n) is 6.75. The number of amides is 2. The zero-order valence-corrected chi connectivity index (χ0v) is 16.9. The first-order chi connectivity index (χ1) is 14.2. The van der Waals surface area contributed by atoms with E-state index in [0.717, 1.165) is 11.1 Å². The average molecular weight is 413 g/mol. The first kappa shape index (κ1) is 22.5. The normalized spacial score (nSPS) is 11.3. The number of ether oxygens (including phenoxy) is 1. The van der Waals surface area contributed by atoms with Crippen LogP contribution in [0.1, 0.15) is 34.8 Å². The molecule has 0 spiro atoms. The molecule has 0 aliphatic heterocycles. The molecule has 0 aromatic heterocycles. The molecule has 1 atom stereocenters. The minimum absolute atomic E-state index is 0.0000185. The molecule has 0 radical (unpaired) electrons. The number of rotatable bonds is 8. The highest BCUT2D eigenvalue weighted by atomic mass is 16.6. The van der Waals surface area contributed by atoms with Crippen molar-refractivity contribution in [2.75, 3.05) is 11.9 Å². The molecule has 0 bridgehead atoms. The van der Waals surface area contributed by atoms with Crippen LogP contribution < -0.4 is 10.6 Å². The van der Waals surface area contributed by atoms with Crippen molar-refractivity contribution in [1.29, 1.82) is 0 Å². The summed E-state index contributed by atoms with van der Waals surface area (Å²) in [5, 5.41) is 15.9. The number of nitro groups is 1. The van der Waals surface area contributed by atoms with Gasteiger partial charge < -0.3 is 15.4 Å². The first-order valence-corrected chi connectivity index (χ1v) is 9.27. The zero-order valence-electron chi connectivity index (χ0n) is 16.9. The second kappa shape index (κ2) is 10.1. The van der Waals surface area contributed by atoms with Gasteiger partial charge in [-0.25, -0.2) is 0 Å². The average Bonchev–Trinajstić information content (AvgIpc) is 2.70. The quantitative estimate of drug-likeness (QED) is 0.389. The first-order valence-electron chi connectivity index (χ1n) is 9.27. The molecule has 0 aliphatic carbocycles. The Bertz CT molecular complexity index is 956. The van der Waals surface area contributed by atoms with Gasteiger partial charge in [0.2, 0.25) is 0 Å². The molecule has 0 saturated heterocycles. The maximum Gasteiger partial charge on any atom is 0.308 e. The molecule has 2 aromatic rings. The van der Waals surface area contributed by atoms with Gasteiger partial charge in [-0.2, -0.15) is 0 Å². The van der Waals surface area contributed by atoms with E-state index in [4.69, 9.17) is 4.74 Å². The molecule has 0 fully saturated rings. The van der Waals surface area contributed by atoms with Gasteiger partial charge in [0.05, 0.1) is 11.3 Å². The van der Waals surface area contributed by atoms with Gasteiger partial charge in [-0.1, -0.05) is 12.1 Å². The lowest BCUT2D eigenvalue weighted by Gasteiger charge is -2.15. The van der Waals surface area contributed by atoms with Gasteiger partial charge in [0.1, 0.15) is 0 Å². The molecule has 9 nitrogen and oxygen atoms in total. The fraction of sp³-hybridized carbons (Fsp3) is 0.286. The number of carbonyl (C=O) groups excluding carboxylic acids is 3. The van der Waals surface area contributed by atoms with Crippen molar-refractivity contribution in [3.05, 3.63) is 69.3 Å². The van der Waals surface area contributed by atoms with Crippen molar-refractivity contribution in [3.63, 3.8) is 0 Å². The van der Waals surface area contributed by atoms with Crippen LogP contribution >= 0.6 is 0 Å². The minimum atomic E-state index is -0.997. The van der Waals surface area contributed by atoms with E-state index >= 15 is 0 Å². The summed E-state index contributed by atoms with van der Waals surface area (Å²) in [6.07, 6.45) is -1.12. The van der Waals surface area contributed by atoms with Crippen molar-refractivity contribution >= 4 is 29.2 Å². The third-order valence-corrected chi connectivity index (χ3v) is 4.28. The number of hydrogen-bond acceptors (Lipinski definition) is 6. The fourth-order valence-electron chi connectivity index (χ4n) is 2.53. The smallest absolute Gasteiger partial charge is 0.308 e. The Balaban J connectivity index is 1.78. The Morgan fingerprint density at radius 2 is 1.77 bits per heavy atom. The molecule has 0 unspecified atom stereocenters. The number of nitro benzene ring substituents is 1. The summed E-state index contributed by atoms with van der Waals surface area (Å²) >= 11 is 0. The maximum atomic E-state index is 12.2. The van der Waals surface area contributed by atoms with Crippen LogP contribution in [0.4, 0.5) is 11.4 Å². The molecule has 158 valence electrons. The van der Waals surface area contributed by atoms with E-state index in [-0.39, 0.29) is 24.2 Å². The summed E-state index contributed by atoms with van der Waals surface area (Å²) in [5.41, 5.74) is 2.64. The van der Waals surface area contributed by atoms with E-state index in [9.17, 15) is 24.5 Å². The highest BCUT2D eigenvalue weighted by molar-refractivity contribution is 5.96. The molecule has 2 amide bonds. The van der Waals surface area contributed by atoms with E-state index < -0.39 is 28.8 Å². The van der Waals surface area contributed by atoms with Crippen LogP contribution in [0.5, 0.6) is 0 Å². The van der Waals surface area contributed by atoms with Crippen LogP contribution in [0.3, 0.4) is 0 Å². The van der Waals surface area contributed by atoms with Crippen LogP contribution in [0.2, 0.25) is 0 Å². The lowest BCUT2D eigenvalue weighted by molar-refractivity contribution is -0.384. The molecule has 2 rings (SSSR count). The van der Waals surface area contributed by atoms with Crippen LogP contribution in [0, 0.1) is 24.0 Å². The number of esters is 1. The Kier molecular flexibility index (Phi) is 7.62. The third kappa shape index (κ3) is 6.40. The predicted molar refractivity (Wildman–Crippen MR) is 110 cm³/mol. The number of carbonyl (C=O) groups is 3. The van der Waals surface area contributed by atoms with Crippen LogP contribution in [0.15, 0.2) is 42.5 Å². The molecular weight excluding hydrogens is 390 g/mol. The van der Waals surface area contributed by atoms with Crippen molar-refractivity contribution in [2.24, 2.45) is 0 Å². The van der Waals surface area contributed by atoms with E-state index in [1.54, 1.807) is 0 Å². The van der Waals surface area contributed by atoms with Gasteiger partial charge in [-0.3, -0.25) is 24.5 Å². The van der Waals surface area contributed by atoms with Crippen molar-refractivity contribution in [1.82, 2.24) is 5.32 Å². The van der Waals surface area contributed by atoms with Gasteiger partial charge in [-0.05, 0) is 50.1 Å². The SMILES string of the molecule is Cc1ccc(C)c(NC(=O)[C@H](C)OC(=O)CCNC(=O)c2ccc([N+](=O)[O-])cc2)c1. The highest BCUT2D eigenvalue weighted by Gasteiger charge is 2.19. The number of nitrogens with one attached hydrogen (secondary N) is 2. The monoisotopic (exact) mass is 413 g/mol. The summed E-state index contributed by atoms with van der Waals surface area (Å²) in [6, 6.07) is 10.7. The van der Waals surface area contributed by atoms with E-state index in [0.29, 0.717) is 5.69 Å². The van der Waals surface area contributed by atoms with Crippen molar-refractivity contribution < 1.29 is 24.0 Å². The summed E-state index contributed by atoms with van der Waals surface area (Å²) in [4.78, 5) is 46.3. The number of aryl methyl sites for hydroxylation is 2. The summed E-state index contributed by atoms with van der Waals surface area (Å²) < 4.78 is 5.11. The van der Waals surface area contributed by atoms with Crippen LogP contribution in [-0.2, 0) is 14.3 Å². The Labute approximate surface area is 173 Å². The maximum absolute atomic E-state index is 12.2. The molecule has 30 heavy (non-hydrogen) atoms. The Morgan fingerprint density at radius 3 is 2.40 bits per heavy atom. The van der Waals surface area contributed by atoms with E-state index in [1.165, 1.54) is 31.2 Å². The minimum Gasteiger partial charge on any atom is -0.452 e. The Morgan fingerprint density at radius 1 is 1.10 bits per heavy atom. The van der Waals surface area contributed by atoms with Crippen LogP contribution in [0.25, 0.3) is 0 Å². The number of hydrogen-bond donors (Lipinski definition) is 2. The number of non-ortho nitro benzene ring substituents is 1. The molecule has 0 heterocycles. The predicted octanol–water partition coefficient (Wildman–Crippen LogP) is 2.90. The largest absolute Gasteiger partial charge is 0.452 e. The lowest BCUT2D eigenvalue weighted by atomic mass is 10.1. The van der Waals surface area contributed by atoms with E-state index in [2.05, 4.69) is 10.6 Å². The van der Waals surface area contributed by atoms with Gasteiger partial charge in [0, 0.05) is 29.9 Å². The standard InChI is InChI=1S/C21H23N3O6/c1-13-4-5-14(2)18(12-13)23-20(26)15(3)30-19(25)10-11-22-21(27)16-6-8-17(9-7-16)24(28)29/h4-9,12,15H,10-11H2,1-3H3,(H,22,27)(H,23,26)/t15-/m0/s1. The molecule has 0 saturated carbocycles. The van der Waals surface area contributed by atoms with Gasteiger partial charge in [-0.15, -0.1) is 0 Å². The zero-order chi connectivity index (χ0) is 22.3. The van der Waals surface area contributed by atoms with E-state index in [1.807, 2.05) is 32.0 Å². The lowest BCUT2D eigenvalue weighted by Crippen LogP contribution is -2.32. The van der Waals surface area contributed by atoms with Gasteiger partial charge >= 0.3 is 5.97 Å². The molecule has 2 aromatic carbocycles. The van der Waals surface area contributed by atoms with Crippen molar-refractivity contribution in [2.45, 2.75) is 33.3 Å². The number of anilines is 1. The molecule has 0 aliphatic rings. The summed E-state index contributed by atoms with van der Waals surface area (Å²) in [6.45, 7) is 5.23. The summed E-state index contributed by atoms with van der Waals surface area (Å²) in [5.74, 6) is -1.56. The second-order valence-corrected chi connectivity index (χ2v) is 6.75. The number of benzene rings is 2. The van der Waals surface area contributed by atoms with Crippen molar-refractivity contribution in [3.8, 4) is 0 Å². The molecule has 9 heteroatoms. The molecular formula is C21H23N3O6. The third-order valence-electron chi connectivity index (χ3n) is 4.28. The molecule has 2 N–H and O–H groups in total. The highest BCUT2D eigenvalue weighted by Crippen LogP contribution is 2.17. The number of nitrogens with zero attached hydrogens (tertiary/aromatic N) is 1. The topological polar surface area (TPSA) is 128 Å². The van der Waals surface area contributed by atoms with Crippen LogP contribution in [-0.4, -0.2) is 35.4 Å². The fourth-order valence-corrected chi connectivity index (χ4v) is 2.53. The van der Waals surface area contributed by atoms with Gasteiger partial charge in [0.25, 0.3) is 17.5 Å². The van der Waals surface area contributed by atoms with Gasteiger partial charge in [0.15, 0.2) is 6.10 Å². The Hall–Kier alpha value is -3.75.